The Morgan fingerprint density at radius 3 is 2.43 bits per heavy atom. The van der Waals surface area contributed by atoms with Gasteiger partial charge in [-0.1, -0.05) is 24.3 Å². The predicted octanol–water partition coefficient (Wildman–Crippen LogP) is 4.17. The van der Waals surface area contributed by atoms with Crippen LogP contribution in [0.1, 0.15) is 50.3 Å². The summed E-state index contributed by atoms with van der Waals surface area (Å²) in [5.74, 6) is 0.295. The van der Waals surface area contributed by atoms with Crippen LogP contribution in [0, 0.1) is 20.8 Å². The zero-order valence-electron chi connectivity index (χ0n) is 20.5. The van der Waals surface area contributed by atoms with Gasteiger partial charge in [0.15, 0.2) is 5.58 Å². The summed E-state index contributed by atoms with van der Waals surface area (Å²) in [4.78, 5) is 24.7. The molecule has 0 N–H and O–H groups in total. The topological polar surface area (TPSA) is 110 Å². The number of methoxy groups -OCH3 is 2. The molecule has 2 aromatic carbocycles. The Hall–Kier alpha value is -4.14. The summed E-state index contributed by atoms with van der Waals surface area (Å²) in [6, 6.07) is 7.66. The Labute approximate surface area is 202 Å². The van der Waals surface area contributed by atoms with E-state index in [0.29, 0.717) is 40.6 Å². The van der Waals surface area contributed by atoms with Gasteiger partial charge in [-0.25, -0.2) is 9.59 Å². The van der Waals surface area contributed by atoms with E-state index in [1.807, 2.05) is 44.2 Å². The Balaban J connectivity index is 1.88. The van der Waals surface area contributed by atoms with Crippen molar-refractivity contribution in [1.82, 2.24) is 14.8 Å². The number of ether oxygens (including phenoxy) is 2. The highest BCUT2D eigenvalue weighted by atomic mass is 16.5. The van der Waals surface area contributed by atoms with Gasteiger partial charge >= 0.3 is 11.7 Å². The molecule has 4 aromatic rings. The summed E-state index contributed by atoms with van der Waals surface area (Å²) in [5, 5.41) is 7.92. The van der Waals surface area contributed by atoms with Crippen molar-refractivity contribution < 1.29 is 23.1 Å². The first-order valence-electron chi connectivity index (χ1n) is 11.1. The lowest BCUT2D eigenvalue weighted by Gasteiger charge is -2.19. The minimum Gasteiger partial charge on any atom is -0.496 e. The smallest absolute Gasteiger partial charge is 0.419 e. The summed E-state index contributed by atoms with van der Waals surface area (Å²) >= 11 is 0. The third kappa shape index (κ3) is 4.62. The zero-order chi connectivity index (χ0) is 25.3. The quantitative estimate of drug-likeness (QED) is 0.288. The first-order valence-corrected chi connectivity index (χ1v) is 11.1. The molecule has 1 unspecified atom stereocenters. The van der Waals surface area contributed by atoms with Crippen molar-refractivity contribution in [2.24, 2.45) is 7.05 Å². The molecule has 9 nitrogen and oxygen atoms in total. The lowest BCUT2D eigenvalue weighted by molar-refractivity contribution is 0.0596. The first kappa shape index (κ1) is 24.0. The minimum atomic E-state index is -0.486. The second-order valence-electron chi connectivity index (χ2n) is 8.35. The third-order valence-electron chi connectivity index (χ3n) is 5.92. The number of oxazole rings is 1. The number of aryl methyl sites for hydroxylation is 4. The van der Waals surface area contributed by atoms with E-state index in [2.05, 4.69) is 10.2 Å². The van der Waals surface area contributed by atoms with Crippen LogP contribution in [-0.4, -0.2) is 35.0 Å². The van der Waals surface area contributed by atoms with E-state index in [0.717, 1.165) is 22.3 Å². The standard InChI is InChI=1S/C26H27N3O6/c1-14-10-17(12-20(23(14)32-5)25(30)33-6)19(8-7-9-22-28-27-16(3)34-22)18-11-15(2)24-21(13-18)29(4)26(31)35-24/h7-8,10-13,19H,9H2,1-6H3/b8-7+. The molecule has 1 atom stereocenters. The lowest BCUT2D eigenvalue weighted by Crippen LogP contribution is -2.09. The number of esters is 1. The Morgan fingerprint density at radius 2 is 1.77 bits per heavy atom. The number of rotatable bonds is 7. The second-order valence-corrected chi connectivity index (χ2v) is 8.35. The van der Waals surface area contributed by atoms with Gasteiger partial charge in [0.1, 0.15) is 11.3 Å². The zero-order valence-corrected chi connectivity index (χ0v) is 20.5. The normalized spacial score (nSPS) is 12.4. The van der Waals surface area contributed by atoms with Crippen LogP contribution in [-0.2, 0) is 18.2 Å². The highest BCUT2D eigenvalue weighted by molar-refractivity contribution is 5.93. The lowest BCUT2D eigenvalue weighted by atomic mass is 9.87. The van der Waals surface area contributed by atoms with Crippen LogP contribution in [0.25, 0.3) is 11.1 Å². The van der Waals surface area contributed by atoms with Crippen molar-refractivity contribution in [2.45, 2.75) is 33.1 Å². The molecule has 0 saturated heterocycles. The van der Waals surface area contributed by atoms with E-state index in [9.17, 15) is 9.59 Å². The summed E-state index contributed by atoms with van der Waals surface area (Å²) < 4.78 is 22.8. The number of nitrogens with zero attached hydrogens (tertiary/aromatic N) is 3. The average molecular weight is 478 g/mol. The van der Waals surface area contributed by atoms with Gasteiger partial charge in [-0.05, 0) is 48.2 Å². The van der Waals surface area contributed by atoms with Crippen LogP contribution in [0.3, 0.4) is 0 Å². The van der Waals surface area contributed by atoms with Gasteiger partial charge in [0, 0.05) is 26.3 Å². The van der Waals surface area contributed by atoms with Gasteiger partial charge in [-0.2, -0.15) is 0 Å². The highest BCUT2D eigenvalue weighted by Gasteiger charge is 2.22. The maximum atomic E-state index is 12.5. The molecule has 2 heterocycles. The van der Waals surface area contributed by atoms with Gasteiger partial charge in [0.25, 0.3) is 0 Å². The number of hydrogen-bond donors (Lipinski definition) is 0. The summed E-state index contributed by atoms with van der Waals surface area (Å²) in [5.41, 5.74) is 4.98. The number of carbonyl (C=O) groups excluding carboxylic acids is 1. The maximum Gasteiger partial charge on any atom is 0.419 e. The predicted molar refractivity (Wildman–Crippen MR) is 129 cm³/mol. The number of hydrogen-bond acceptors (Lipinski definition) is 8. The SMILES string of the molecule is COC(=O)c1cc(C(/C=C/Cc2nnc(C)o2)c2cc(C)c3oc(=O)n(C)c3c2)cc(C)c1OC. The fourth-order valence-electron chi connectivity index (χ4n) is 4.25. The monoisotopic (exact) mass is 477 g/mol. The Morgan fingerprint density at radius 1 is 1.06 bits per heavy atom. The van der Waals surface area contributed by atoms with E-state index < -0.39 is 11.7 Å². The van der Waals surface area contributed by atoms with Crippen LogP contribution >= 0.6 is 0 Å². The first-order chi connectivity index (χ1) is 16.7. The van der Waals surface area contributed by atoms with Gasteiger partial charge in [0.05, 0.1) is 19.7 Å². The molecule has 0 aliphatic rings. The molecule has 0 aliphatic carbocycles. The molecule has 182 valence electrons. The molecule has 4 rings (SSSR count). The number of allylic oxidation sites excluding steroid dienone is 2. The molecule has 0 fully saturated rings. The van der Waals surface area contributed by atoms with E-state index in [4.69, 9.17) is 18.3 Å². The molecule has 0 saturated carbocycles. The molecule has 9 heteroatoms. The van der Waals surface area contributed by atoms with Crippen LogP contribution in [0.4, 0.5) is 0 Å². The molecule has 0 spiro atoms. The number of carbonyl (C=O) groups is 1. The van der Waals surface area contributed by atoms with Gasteiger partial charge in [-0.15, -0.1) is 10.2 Å². The number of fused-ring (bicyclic) bond motifs is 1. The second kappa shape index (κ2) is 9.61. The summed E-state index contributed by atoms with van der Waals surface area (Å²) in [7, 11) is 4.53. The van der Waals surface area contributed by atoms with Crippen molar-refractivity contribution >= 4 is 17.1 Å². The Bertz CT molecular complexity index is 1490. The van der Waals surface area contributed by atoms with Gasteiger partial charge in [-0.3, -0.25) is 4.57 Å². The van der Waals surface area contributed by atoms with Crippen molar-refractivity contribution in [3.63, 3.8) is 0 Å². The van der Waals surface area contributed by atoms with E-state index in [-0.39, 0.29) is 5.92 Å². The fourth-order valence-corrected chi connectivity index (χ4v) is 4.25. The van der Waals surface area contributed by atoms with E-state index in [1.54, 1.807) is 20.0 Å². The molecule has 35 heavy (non-hydrogen) atoms. The molecular weight excluding hydrogens is 450 g/mol. The van der Waals surface area contributed by atoms with Crippen molar-refractivity contribution in [2.75, 3.05) is 14.2 Å². The van der Waals surface area contributed by atoms with Crippen LogP contribution in [0.2, 0.25) is 0 Å². The highest BCUT2D eigenvalue weighted by Crippen LogP contribution is 2.35. The molecule has 0 bridgehead atoms. The maximum absolute atomic E-state index is 12.5. The molecular formula is C26H27N3O6. The molecule has 0 amide bonds. The van der Waals surface area contributed by atoms with Crippen LogP contribution < -0.4 is 10.5 Å². The number of benzene rings is 2. The average Bonchev–Trinajstić information content (AvgIpc) is 3.38. The number of aromatic nitrogens is 3. The van der Waals surface area contributed by atoms with E-state index in [1.165, 1.54) is 18.8 Å². The van der Waals surface area contributed by atoms with E-state index >= 15 is 0 Å². The van der Waals surface area contributed by atoms with Gasteiger partial charge in [0.2, 0.25) is 11.8 Å². The minimum absolute atomic E-state index is 0.264. The fraction of sp³-hybridized carbons (Fsp3) is 0.308. The molecule has 0 aliphatic heterocycles. The molecule has 2 aromatic heterocycles. The summed E-state index contributed by atoms with van der Waals surface area (Å²) in [6.45, 7) is 5.52. The van der Waals surface area contributed by atoms with Crippen molar-refractivity contribution in [3.8, 4) is 5.75 Å². The van der Waals surface area contributed by atoms with Crippen LogP contribution in [0.15, 0.2) is 50.0 Å². The molecule has 0 radical (unpaired) electrons. The van der Waals surface area contributed by atoms with Crippen LogP contribution in [0.5, 0.6) is 5.75 Å². The Kier molecular flexibility index (Phi) is 6.59. The largest absolute Gasteiger partial charge is 0.496 e. The summed E-state index contributed by atoms with van der Waals surface area (Å²) in [6.07, 6.45) is 4.41. The van der Waals surface area contributed by atoms with Crippen molar-refractivity contribution in [3.05, 3.63) is 86.6 Å². The van der Waals surface area contributed by atoms with Crippen molar-refractivity contribution in [1.29, 1.82) is 0 Å². The van der Waals surface area contributed by atoms with Gasteiger partial charge < -0.3 is 18.3 Å². The third-order valence-corrected chi connectivity index (χ3v) is 5.92.